The summed E-state index contributed by atoms with van der Waals surface area (Å²) in [6.07, 6.45) is -0.506. The fourth-order valence-electron chi connectivity index (χ4n) is 4.23. The quantitative estimate of drug-likeness (QED) is 0.526. The monoisotopic (exact) mass is 476 g/mol. The van der Waals surface area contributed by atoms with Crippen molar-refractivity contribution in [1.82, 2.24) is 19.9 Å². The number of carbonyl (C=O) groups excluding carboxylic acids is 1. The van der Waals surface area contributed by atoms with Crippen LogP contribution < -0.4 is 10.1 Å². The van der Waals surface area contributed by atoms with Crippen molar-refractivity contribution in [2.45, 2.75) is 51.6 Å². The molecule has 1 fully saturated rings. The molecule has 3 heterocycles. The normalized spacial score (nSPS) is 15.9. The first-order valence-corrected chi connectivity index (χ1v) is 11.3. The van der Waals surface area contributed by atoms with E-state index in [0.717, 1.165) is 31.6 Å². The zero-order chi connectivity index (χ0) is 24.1. The third-order valence-electron chi connectivity index (χ3n) is 6.02. The molecule has 1 saturated heterocycles. The smallest absolute Gasteiger partial charge is 0.406 e. The van der Waals surface area contributed by atoms with Crippen LogP contribution in [0.1, 0.15) is 37.6 Å². The predicted molar refractivity (Wildman–Crippen MR) is 119 cm³/mol. The number of aromatic nitrogens is 3. The number of ether oxygens (including phenoxy) is 2. The molecule has 0 spiro atoms. The Hall–Kier alpha value is -3.14. The Morgan fingerprint density at radius 2 is 1.97 bits per heavy atom. The molecule has 7 nitrogen and oxygen atoms in total. The van der Waals surface area contributed by atoms with Crippen molar-refractivity contribution in [3.63, 3.8) is 0 Å². The van der Waals surface area contributed by atoms with Crippen molar-refractivity contribution < 1.29 is 27.4 Å². The summed E-state index contributed by atoms with van der Waals surface area (Å²) in [6.45, 7) is 3.84. The molecule has 1 aliphatic heterocycles. The lowest BCUT2D eigenvalue weighted by Crippen LogP contribution is -2.40. The maximum absolute atomic E-state index is 12.6. The Bertz CT molecular complexity index is 1110. The number of hydrogen-bond donors (Lipinski definition) is 1. The maximum Gasteiger partial charge on any atom is 0.573 e. The van der Waals surface area contributed by atoms with Crippen molar-refractivity contribution >= 4 is 17.1 Å². The highest BCUT2D eigenvalue weighted by molar-refractivity contribution is 5.77. The summed E-state index contributed by atoms with van der Waals surface area (Å²) in [7, 11) is 0. The third kappa shape index (κ3) is 6.25. The molecule has 1 atom stereocenters. The molecule has 0 saturated carbocycles. The molecule has 0 aliphatic carbocycles. The molecule has 34 heavy (non-hydrogen) atoms. The number of alkyl halides is 3. The summed E-state index contributed by atoms with van der Waals surface area (Å²) in [5.41, 5.74) is 2.12. The number of imidazole rings is 1. The molecule has 1 aromatic carbocycles. The average molecular weight is 476 g/mol. The Morgan fingerprint density at radius 3 is 2.68 bits per heavy atom. The molecule has 1 N–H and O–H groups in total. The number of nitrogens with one attached hydrogen (secondary N) is 1. The minimum absolute atomic E-state index is 0.0424. The Kier molecular flexibility index (Phi) is 7.35. The van der Waals surface area contributed by atoms with Crippen LogP contribution >= 0.6 is 0 Å². The number of halogens is 3. The summed E-state index contributed by atoms with van der Waals surface area (Å²) < 4.78 is 48.5. The van der Waals surface area contributed by atoms with Gasteiger partial charge in [0.1, 0.15) is 17.1 Å². The number of pyridine rings is 1. The SMILES string of the molecule is CC(NC(=O)CCc1nc2cccnc2n1Cc1ccc(OC(F)(F)F)cc1)C1CCOCC1. The first-order chi connectivity index (χ1) is 16.3. The van der Waals surface area contributed by atoms with Crippen molar-refractivity contribution in [2.24, 2.45) is 5.92 Å². The zero-order valence-electron chi connectivity index (χ0n) is 18.8. The third-order valence-corrected chi connectivity index (χ3v) is 6.02. The first kappa shape index (κ1) is 24.0. The van der Waals surface area contributed by atoms with Crippen LogP contribution in [-0.2, 0) is 22.5 Å². The molecule has 182 valence electrons. The van der Waals surface area contributed by atoms with E-state index in [4.69, 9.17) is 4.74 Å². The summed E-state index contributed by atoms with van der Waals surface area (Å²) in [4.78, 5) is 21.7. The van der Waals surface area contributed by atoms with Crippen LogP contribution in [0.5, 0.6) is 5.75 Å². The average Bonchev–Trinajstić information content (AvgIpc) is 3.16. The second-order valence-corrected chi connectivity index (χ2v) is 8.46. The lowest BCUT2D eigenvalue weighted by Gasteiger charge is -2.28. The van der Waals surface area contributed by atoms with Gasteiger partial charge in [0.25, 0.3) is 0 Å². The minimum atomic E-state index is -4.73. The van der Waals surface area contributed by atoms with E-state index in [1.807, 2.05) is 17.6 Å². The molecule has 1 amide bonds. The van der Waals surface area contributed by atoms with E-state index in [2.05, 4.69) is 20.0 Å². The highest BCUT2D eigenvalue weighted by Crippen LogP contribution is 2.24. The Morgan fingerprint density at radius 1 is 1.24 bits per heavy atom. The molecule has 0 bridgehead atoms. The van der Waals surface area contributed by atoms with Gasteiger partial charge in [0.15, 0.2) is 5.65 Å². The van der Waals surface area contributed by atoms with Gasteiger partial charge in [-0.2, -0.15) is 0 Å². The van der Waals surface area contributed by atoms with E-state index in [1.165, 1.54) is 12.1 Å². The van der Waals surface area contributed by atoms with Crippen molar-refractivity contribution in [1.29, 1.82) is 0 Å². The topological polar surface area (TPSA) is 78.3 Å². The van der Waals surface area contributed by atoms with E-state index < -0.39 is 6.36 Å². The summed E-state index contributed by atoms with van der Waals surface area (Å²) in [6, 6.07) is 9.41. The summed E-state index contributed by atoms with van der Waals surface area (Å²) in [5.74, 6) is 0.786. The predicted octanol–water partition coefficient (Wildman–Crippen LogP) is 4.24. The number of hydrogen-bond acceptors (Lipinski definition) is 5. The van der Waals surface area contributed by atoms with Crippen LogP contribution in [0.15, 0.2) is 42.6 Å². The van der Waals surface area contributed by atoms with Crippen LogP contribution in [0.3, 0.4) is 0 Å². The van der Waals surface area contributed by atoms with Crippen LogP contribution in [-0.4, -0.2) is 46.1 Å². The number of nitrogens with zero attached hydrogens (tertiary/aromatic N) is 3. The van der Waals surface area contributed by atoms with Crippen molar-refractivity contribution in [3.8, 4) is 5.75 Å². The van der Waals surface area contributed by atoms with Crippen molar-refractivity contribution in [2.75, 3.05) is 13.2 Å². The van der Waals surface area contributed by atoms with Gasteiger partial charge in [-0.3, -0.25) is 4.79 Å². The van der Waals surface area contributed by atoms with E-state index in [0.29, 0.717) is 35.9 Å². The zero-order valence-corrected chi connectivity index (χ0v) is 18.8. The highest BCUT2D eigenvalue weighted by atomic mass is 19.4. The molecule has 1 aliphatic rings. The minimum Gasteiger partial charge on any atom is -0.406 e. The molecule has 4 rings (SSSR count). The lowest BCUT2D eigenvalue weighted by molar-refractivity contribution is -0.274. The van der Waals surface area contributed by atoms with Crippen LogP contribution in [0.2, 0.25) is 0 Å². The Labute approximate surface area is 195 Å². The largest absolute Gasteiger partial charge is 0.573 e. The van der Waals surface area contributed by atoms with E-state index in [9.17, 15) is 18.0 Å². The molecule has 0 radical (unpaired) electrons. The van der Waals surface area contributed by atoms with Crippen LogP contribution in [0, 0.1) is 5.92 Å². The van der Waals surface area contributed by atoms with E-state index >= 15 is 0 Å². The molecular weight excluding hydrogens is 449 g/mol. The lowest BCUT2D eigenvalue weighted by atomic mass is 9.93. The number of rotatable bonds is 8. The number of aryl methyl sites for hydroxylation is 1. The molecule has 1 unspecified atom stereocenters. The number of fused-ring (bicyclic) bond motifs is 1. The van der Waals surface area contributed by atoms with Gasteiger partial charge < -0.3 is 19.4 Å². The second-order valence-electron chi connectivity index (χ2n) is 8.46. The van der Waals surface area contributed by atoms with Crippen molar-refractivity contribution in [3.05, 3.63) is 54.0 Å². The van der Waals surface area contributed by atoms with Gasteiger partial charge in [0.2, 0.25) is 5.91 Å². The molecule has 2 aromatic heterocycles. The van der Waals surface area contributed by atoms with E-state index in [-0.39, 0.29) is 24.1 Å². The number of carbonyl (C=O) groups is 1. The van der Waals surface area contributed by atoms with Gasteiger partial charge in [0.05, 0.1) is 6.54 Å². The standard InChI is InChI=1S/C24H27F3N4O3/c1-16(18-10-13-33-14-11-18)29-22(32)9-8-21-30-20-3-2-12-28-23(20)31(21)15-17-4-6-19(7-5-17)34-24(25,26)27/h2-7,12,16,18H,8-11,13-15H2,1H3,(H,29,32). The van der Waals surface area contributed by atoms with Gasteiger partial charge >= 0.3 is 6.36 Å². The van der Waals surface area contributed by atoms with Crippen LogP contribution in [0.25, 0.3) is 11.2 Å². The maximum atomic E-state index is 12.6. The Balaban J connectivity index is 1.44. The van der Waals surface area contributed by atoms with Gasteiger partial charge in [-0.05, 0) is 55.5 Å². The van der Waals surface area contributed by atoms with E-state index in [1.54, 1.807) is 24.4 Å². The molecule has 3 aromatic rings. The van der Waals surface area contributed by atoms with Gasteiger partial charge in [-0.15, -0.1) is 13.2 Å². The summed E-state index contributed by atoms with van der Waals surface area (Å²) in [5, 5.41) is 3.09. The van der Waals surface area contributed by atoms with Crippen LogP contribution in [0.4, 0.5) is 13.2 Å². The first-order valence-electron chi connectivity index (χ1n) is 11.3. The van der Waals surface area contributed by atoms with Gasteiger partial charge in [0, 0.05) is 38.3 Å². The molecular formula is C24H27F3N4O3. The fraction of sp³-hybridized carbons (Fsp3) is 0.458. The van der Waals surface area contributed by atoms with Gasteiger partial charge in [-0.1, -0.05) is 12.1 Å². The number of benzene rings is 1. The summed E-state index contributed by atoms with van der Waals surface area (Å²) >= 11 is 0. The number of amides is 1. The van der Waals surface area contributed by atoms with Gasteiger partial charge in [-0.25, -0.2) is 9.97 Å². The second kappa shape index (κ2) is 10.4. The fourth-order valence-corrected chi connectivity index (χ4v) is 4.23. The molecule has 10 heteroatoms. The highest BCUT2D eigenvalue weighted by Gasteiger charge is 2.31.